The number of pyridine rings is 1. The van der Waals surface area contributed by atoms with E-state index in [4.69, 9.17) is 0 Å². The lowest BCUT2D eigenvalue weighted by molar-refractivity contribution is -0.669. The van der Waals surface area contributed by atoms with E-state index in [0.717, 1.165) is 5.56 Å². The molecule has 0 bridgehead atoms. The van der Waals surface area contributed by atoms with Crippen molar-refractivity contribution in [3.8, 4) is 28.5 Å². The number of rotatable bonds is 3. The quantitative estimate of drug-likeness (QED) is 0.415. The van der Waals surface area contributed by atoms with Gasteiger partial charge in [0.1, 0.15) is 18.7 Å². The number of hydrogen-bond acceptors (Lipinski definition) is 3. The minimum Gasteiger partial charge on any atom is -0.258 e. The van der Waals surface area contributed by atoms with Gasteiger partial charge in [0.2, 0.25) is 0 Å². The van der Waals surface area contributed by atoms with Crippen LogP contribution in [0.2, 0.25) is 0 Å². The van der Waals surface area contributed by atoms with Crippen molar-refractivity contribution in [2.24, 2.45) is 7.05 Å². The molecule has 3 rings (SSSR count). The van der Waals surface area contributed by atoms with Crippen molar-refractivity contribution < 1.29 is 9.49 Å². The molecule has 3 aromatic rings. The first-order valence-electron chi connectivity index (χ1n) is 7.78. The second-order valence-corrected chi connectivity index (χ2v) is 5.69. The molecule has 0 unspecified atom stereocenters. The van der Waals surface area contributed by atoms with Crippen molar-refractivity contribution in [3.05, 3.63) is 82.0 Å². The molecule has 0 radical (unpaired) electrons. The molecule has 0 fully saturated rings. The number of nitriles is 1. The van der Waals surface area contributed by atoms with Crippen LogP contribution in [0.3, 0.4) is 0 Å². The summed E-state index contributed by atoms with van der Waals surface area (Å²) in [5.41, 5.74) is 3.20. The molecule has 0 aliphatic carbocycles. The SMILES string of the molecule is Cc1c(C#N)c(-c2ccccc2)c([N+](=O)[O-])c(-c2ccccc2)[n+]1C. The van der Waals surface area contributed by atoms with Crippen molar-refractivity contribution in [3.63, 3.8) is 0 Å². The van der Waals surface area contributed by atoms with Gasteiger partial charge < -0.3 is 0 Å². The predicted molar refractivity (Wildman–Crippen MR) is 94.6 cm³/mol. The topological polar surface area (TPSA) is 70.8 Å². The molecule has 5 heteroatoms. The molecule has 0 spiro atoms. The van der Waals surface area contributed by atoms with Gasteiger partial charge in [0.25, 0.3) is 5.69 Å². The first-order valence-corrected chi connectivity index (χ1v) is 7.78. The Bertz CT molecular complexity index is 991. The molecule has 122 valence electrons. The number of aromatic nitrogens is 1. The third-order valence-electron chi connectivity index (χ3n) is 4.32. The zero-order chi connectivity index (χ0) is 18.0. The van der Waals surface area contributed by atoms with E-state index >= 15 is 0 Å². The highest BCUT2D eigenvalue weighted by Crippen LogP contribution is 2.39. The van der Waals surface area contributed by atoms with E-state index in [1.165, 1.54) is 0 Å². The van der Waals surface area contributed by atoms with E-state index in [1.54, 1.807) is 30.7 Å². The summed E-state index contributed by atoms with van der Waals surface area (Å²) >= 11 is 0. The zero-order valence-electron chi connectivity index (χ0n) is 13.9. The minimum atomic E-state index is -0.398. The van der Waals surface area contributed by atoms with Crippen molar-refractivity contribution in [1.82, 2.24) is 0 Å². The van der Waals surface area contributed by atoms with Gasteiger partial charge in [-0.25, -0.2) is 0 Å². The molecule has 0 N–H and O–H groups in total. The van der Waals surface area contributed by atoms with Crippen LogP contribution in [0.15, 0.2) is 60.7 Å². The van der Waals surface area contributed by atoms with Gasteiger partial charge in [-0.15, -0.1) is 0 Å². The van der Waals surface area contributed by atoms with Gasteiger partial charge >= 0.3 is 5.69 Å². The Morgan fingerprint density at radius 2 is 1.52 bits per heavy atom. The molecular formula is C20H16N3O2+. The van der Waals surface area contributed by atoms with Crippen LogP contribution in [-0.2, 0) is 7.05 Å². The van der Waals surface area contributed by atoms with Crippen LogP contribution in [0.5, 0.6) is 0 Å². The summed E-state index contributed by atoms with van der Waals surface area (Å²) in [6, 6.07) is 20.4. The van der Waals surface area contributed by atoms with Crippen LogP contribution in [0.1, 0.15) is 11.3 Å². The fourth-order valence-corrected chi connectivity index (χ4v) is 3.04. The second kappa shape index (κ2) is 6.54. The van der Waals surface area contributed by atoms with Crippen LogP contribution in [0.25, 0.3) is 22.4 Å². The van der Waals surface area contributed by atoms with Crippen molar-refractivity contribution in [2.75, 3.05) is 0 Å². The Labute approximate surface area is 145 Å². The summed E-state index contributed by atoms with van der Waals surface area (Å²) in [5, 5.41) is 21.7. The average Bonchev–Trinajstić information content (AvgIpc) is 2.64. The van der Waals surface area contributed by atoms with Gasteiger partial charge in [0.15, 0.2) is 5.69 Å². The van der Waals surface area contributed by atoms with Crippen molar-refractivity contribution in [2.45, 2.75) is 6.92 Å². The average molecular weight is 330 g/mol. The van der Waals surface area contributed by atoms with Gasteiger partial charge in [0, 0.05) is 6.92 Å². The van der Waals surface area contributed by atoms with E-state index < -0.39 is 4.92 Å². The van der Waals surface area contributed by atoms with Gasteiger partial charge in [-0.05, 0) is 17.7 Å². The molecule has 5 nitrogen and oxygen atoms in total. The van der Waals surface area contributed by atoms with E-state index in [0.29, 0.717) is 28.1 Å². The van der Waals surface area contributed by atoms with Crippen LogP contribution < -0.4 is 4.57 Å². The van der Waals surface area contributed by atoms with Crippen LogP contribution in [0, 0.1) is 28.4 Å². The molecular weight excluding hydrogens is 314 g/mol. The Morgan fingerprint density at radius 1 is 1.00 bits per heavy atom. The predicted octanol–water partition coefficient (Wildman–Crippen LogP) is 3.93. The number of nitrogens with zero attached hydrogens (tertiary/aromatic N) is 3. The molecule has 0 saturated heterocycles. The van der Waals surface area contributed by atoms with E-state index in [9.17, 15) is 15.4 Å². The number of nitro groups is 1. The molecule has 2 aromatic carbocycles. The van der Waals surface area contributed by atoms with E-state index in [1.807, 2.05) is 48.5 Å². The maximum Gasteiger partial charge on any atom is 0.349 e. The number of benzene rings is 2. The van der Waals surface area contributed by atoms with Crippen molar-refractivity contribution >= 4 is 5.69 Å². The molecule has 25 heavy (non-hydrogen) atoms. The Kier molecular flexibility index (Phi) is 4.27. The van der Waals surface area contributed by atoms with Crippen LogP contribution >= 0.6 is 0 Å². The molecule has 0 saturated carbocycles. The third kappa shape index (κ3) is 2.74. The van der Waals surface area contributed by atoms with Crippen molar-refractivity contribution in [1.29, 1.82) is 5.26 Å². The van der Waals surface area contributed by atoms with E-state index in [2.05, 4.69) is 6.07 Å². The lowest BCUT2D eigenvalue weighted by atomic mass is 9.94. The van der Waals surface area contributed by atoms with E-state index in [-0.39, 0.29) is 5.69 Å². The lowest BCUT2D eigenvalue weighted by Gasteiger charge is -2.11. The lowest BCUT2D eigenvalue weighted by Crippen LogP contribution is -2.37. The summed E-state index contributed by atoms with van der Waals surface area (Å²) in [6.07, 6.45) is 0. The monoisotopic (exact) mass is 330 g/mol. The molecule has 0 amide bonds. The first kappa shape index (κ1) is 16.3. The first-order chi connectivity index (χ1) is 12.1. The summed E-state index contributed by atoms with van der Waals surface area (Å²) in [4.78, 5) is 11.6. The highest BCUT2D eigenvalue weighted by atomic mass is 16.6. The summed E-state index contributed by atoms with van der Waals surface area (Å²) in [7, 11) is 1.75. The normalized spacial score (nSPS) is 10.3. The second-order valence-electron chi connectivity index (χ2n) is 5.69. The maximum absolute atomic E-state index is 12.0. The molecule has 0 atom stereocenters. The highest BCUT2D eigenvalue weighted by molar-refractivity contribution is 5.86. The molecule has 0 aliphatic heterocycles. The van der Waals surface area contributed by atoms with Crippen LogP contribution in [-0.4, -0.2) is 4.92 Å². The standard InChI is InChI=1S/C20H16N3O2/c1-14-17(13-21)18(15-9-5-3-6-10-15)20(23(24)25)19(22(14)2)16-11-7-4-8-12-16/h3-12H,1-2H3/q+1. The van der Waals surface area contributed by atoms with Crippen LogP contribution in [0.4, 0.5) is 5.69 Å². The Morgan fingerprint density at radius 3 is 2.00 bits per heavy atom. The maximum atomic E-state index is 12.0. The zero-order valence-corrected chi connectivity index (χ0v) is 13.9. The molecule has 0 aliphatic rings. The van der Waals surface area contributed by atoms with Gasteiger partial charge in [-0.3, -0.25) is 10.1 Å². The molecule has 1 aromatic heterocycles. The Balaban J connectivity index is 2.52. The molecule has 1 heterocycles. The fraction of sp³-hybridized carbons (Fsp3) is 0.100. The highest BCUT2D eigenvalue weighted by Gasteiger charge is 2.35. The summed E-state index contributed by atoms with van der Waals surface area (Å²) in [6.45, 7) is 1.81. The fourth-order valence-electron chi connectivity index (χ4n) is 3.04. The third-order valence-corrected chi connectivity index (χ3v) is 4.32. The number of hydrogen-bond donors (Lipinski definition) is 0. The van der Waals surface area contributed by atoms with Gasteiger partial charge in [-0.1, -0.05) is 48.5 Å². The largest absolute Gasteiger partial charge is 0.349 e. The Hall–Kier alpha value is -3.52. The van der Waals surface area contributed by atoms with Gasteiger partial charge in [0.05, 0.1) is 16.1 Å². The summed E-state index contributed by atoms with van der Waals surface area (Å²) < 4.78 is 1.72. The smallest absolute Gasteiger partial charge is 0.258 e. The minimum absolute atomic E-state index is 0.0537. The summed E-state index contributed by atoms with van der Waals surface area (Å²) in [5.74, 6) is 0. The van der Waals surface area contributed by atoms with Gasteiger partial charge in [-0.2, -0.15) is 9.83 Å².